The number of carbonyl (C=O) groups excluding carboxylic acids is 1. The van der Waals surface area contributed by atoms with E-state index in [1.807, 2.05) is 25.1 Å². The van der Waals surface area contributed by atoms with Crippen LogP contribution in [0.3, 0.4) is 0 Å². The Morgan fingerprint density at radius 1 is 1.56 bits per heavy atom. The number of nitrogens with one attached hydrogen (secondary N) is 1. The molecule has 0 unspecified atom stereocenters. The molecule has 0 radical (unpaired) electrons. The highest BCUT2D eigenvalue weighted by Gasteiger charge is 2.43. The van der Waals surface area contributed by atoms with Crippen molar-refractivity contribution in [1.82, 2.24) is 5.32 Å². The number of alkyl halides is 1. The van der Waals surface area contributed by atoms with Gasteiger partial charge in [-0.25, -0.2) is 0 Å². The van der Waals surface area contributed by atoms with Crippen LogP contribution in [0.1, 0.15) is 28.8 Å². The van der Waals surface area contributed by atoms with Crippen LogP contribution in [0.5, 0.6) is 0 Å². The fourth-order valence-corrected chi connectivity index (χ4v) is 2.44. The smallest absolute Gasteiger partial charge is 0.252 e. The Hall–Kier alpha value is -0.540. The second kappa shape index (κ2) is 4.38. The van der Waals surface area contributed by atoms with Crippen LogP contribution in [0, 0.1) is 6.92 Å². The number of benzene rings is 1. The normalized spacial score (nSPS) is 16.9. The second-order valence-corrected chi connectivity index (χ2v) is 5.51. The average molecular weight is 303 g/mol. The molecule has 16 heavy (non-hydrogen) atoms. The first kappa shape index (κ1) is 11.9. The average Bonchev–Trinajstić information content (AvgIpc) is 2.98. The summed E-state index contributed by atoms with van der Waals surface area (Å²) in [5.74, 6) is 0.469. The van der Waals surface area contributed by atoms with E-state index in [-0.39, 0.29) is 11.4 Å². The SMILES string of the molecule is Cc1cc(Br)ccc1C(=O)NC1(CCl)CC1. The largest absolute Gasteiger partial charge is 0.345 e. The molecule has 1 aromatic rings. The lowest BCUT2D eigenvalue weighted by atomic mass is 10.1. The monoisotopic (exact) mass is 301 g/mol. The van der Waals surface area contributed by atoms with Gasteiger partial charge in [0.05, 0.1) is 5.54 Å². The maximum atomic E-state index is 12.0. The van der Waals surface area contributed by atoms with Crippen molar-refractivity contribution >= 4 is 33.4 Å². The highest BCUT2D eigenvalue weighted by Crippen LogP contribution is 2.36. The zero-order valence-electron chi connectivity index (χ0n) is 9.02. The van der Waals surface area contributed by atoms with Gasteiger partial charge in [-0.1, -0.05) is 15.9 Å². The van der Waals surface area contributed by atoms with Gasteiger partial charge in [0.2, 0.25) is 0 Å². The van der Waals surface area contributed by atoms with Gasteiger partial charge in [-0.3, -0.25) is 4.79 Å². The Bertz CT molecular complexity index is 429. The van der Waals surface area contributed by atoms with Crippen molar-refractivity contribution in [3.8, 4) is 0 Å². The van der Waals surface area contributed by atoms with Crippen LogP contribution in [0.4, 0.5) is 0 Å². The lowest BCUT2D eigenvalue weighted by Gasteiger charge is -2.15. The molecular weight excluding hydrogens is 289 g/mol. The molecule has 0 heterocycles. The Morgan fingerprint density at radius 3 is 2.75 bits per heavy atom. The molecular formula is C12H13BrClNO. The molecule has 2 nitrogen and oxygen atoms in total. The second-order valence-electron chi connectivity index (χ2n) is 4.33. The molecule has 0 aliphatic heterocycles. The predicted octanol–water partition coefficient (Wildman–Crippen LogP) is 3.26. The van der Waals surface area contributed by atoms with Gasteiger partial charge in [-0.05, 0) is 43.5 Å². The van der Waals surface area contributed by atoms with Gasteiger partial charge in [0.25, 0.3) is 5.91 Å². The van der Waals surface area contributed by atoms with E-state index in [1.165, 1.54) is 0 Å². The molecule has 0 saturated heterocycles. The van der Waals surface area contributed by atoms with Crippen molar-refractivity contribution in [2.45, 2.75) is 25.3 Å². The minimum Gasteiger partial charge on any atom is -0.345 e. The van der Waals surface area contributed by atoms with Crippen LogP contribution in [-0.2, 0) is 0 Å². The van der Waals surface area contributed by atoms with E-state index in [1.54, 1.807) is 0 Å². The summed E-state index contributed by atoms with van der Waals surface area (Å²) in [6.45, 7) is 1.93. The predicted molar refractivity (Wildman–Crippen MR) is 69.0 cm³/mol. The highest BCUT2D eigenvalue weighted by atomic mass is 79.9. The molecule has 0 spiro atoms. The fraction of sp³-hybridized carbons (Fsp3) is 0.417. The molecule has 1 saturated carbocycles. The molecule has 1 aliphatic carbocycles. The third-order valence-electron chi connectivity index (χ3n) is 2.92. The number of rotatable bonds is 3. The molecule has 1 fully saturated rings. The lowest BCUT2D eigenvalue weighted by Crippen LogP contribution is -2.38. The topological polar surface area (TPSA) is 29.1 Å². The third-order valence-corrected chi connectivity index (χ3v) is 3.93. The minimum atomic E-state index is -0.141. The van der Waals surface area contributed by atoms with E-state index in [9.17, 15) is 4.79 Å². The molecule has 4 heteroatoms. The zero-order chi connectivity index (χ0) is 11.8. The van der Waals surface area contributed by atoms with Crippen LogP contribution in [0.15, 0.2) is 22.7 Å². The zero-order valence-corrected chi connectivity index (χ0v) is 11.4. The Kier molecular flexibility index (Phi) is 3.27. The molecule has 0 bridgehead atoms. The van der Waals surface area contributed by atoms with Gasteiger partial charge in [-0.15, -0.1) is 11.6 Å². The first-order valence-corrected chi connectivity index (χ1v) is 6.54. The molecule has 1 aromatic carbocycles. The quantitative estimate of drug-likeness (QED) is 0.853. The van der Waals surface area contributed by atoms with E-state index < -0.39 is 0 Å². The van der Waals surface area contributed by atoms with Gasteiger partial charge in [-0.2, -0.15) is 0 Å². The van der Waals surface area contributed by atoms with E-state index in [4.69, 9.17) is 11.6 Å². The van der Waals surface area contributed by atoms with Crippen molar-refractivity contribution in [1.29, 1.82) is 0 Å². The van der Waals surface area contributed by atoms with Gasteiger partial charge in [0, 0.05) is 15.9 Å². The van der Waals surface area contributed by atoms with Crippen LogP contribution >= 0.6 is 27.5 Å². The standard InChI is InChI=1S/C12H13BrClNO/c1-8-6-9(13)2-3-10(8)11(16)15-12(7-14)4-5-12/h2-3,6H,4-5,7H2,1H3,(H,15,16). The summed E-state index contributed by atoms with van der Waals surface area (Å²) in [6, 6.07) is 5.65. The van der Waals surface area contributed by atoms with Gasteiger partial charge < -0.3 is 5.32 Å². The summed E-state index contributed by atoms with van der Waals surface area (Å²) >= 11 is 9.21. The van der Waals surface area contributed by atoms with Crippen molar-refractivity contribution in [3.05, 3.63) is 33.8 Å². The number of amides is 1. The lowest BCUT2D eigenvalue weighted by molar-refractivity contribution is 0.0935. The number of aryl methyl sites for hydroxylation is 1. The molecule has 1 N–H and O–H groups in total. The maximum absolute atomic E-state index is 12.0. The van der Waals surface area contributed by atoms with Crippen molar-refractivity contribution < 1.29 is 4.79 Å². The van der Waals surface area contributed by atoms with Crippen molar-refractivity contribution in [2.75, 3.05) is 5.88 Å². The number of carbonyl (C=O) groups is 1. The van der Waals surface area contributed by atoms with Crippen molar-refractivity contribution in [3.63, 3.8) is 0 Å². The van der Waals surface area contributed by atoms with Gasteiger partial charge in [0.1, 0.15) is 0 Å². The van der Waals surface area contributed by atoms with Crippen LogP contribution in [-0.4, -0.2) is 17.3 Å². The fourth-order valence-electron chi connectivity index (χ4n) is 1.63. The summed E-state index contributed by atoms with van der Waals surface area (Å²) in [5, 5.41) is 3.01. The summed E-state index contributed by atoms with van der Waals surface area (Å²) in [6.07, 6.45) is 1.97. The molecule has 1 aliphatic rings. The van der Waals surface area contributed by atoms with E-state index in [0.717, 1.165) is 28.4 Å². The van der Waals surface area contributed by atoms with Crippen molar-refractivity contribution in [2.24, 2.45) is 0 Å². The van der Waals surface area contributed by atoms with Crippen LogP contribution < -0.4 is 5.32 Å². The number of hydrogen-bond donors (Lipinski definition) is 1. The molecule has 86 valence electrons. The number of hydrogen-bond acceptors (Lipinski definition) is 1. The highest BCUT2D eigenvalue weighted by molar-refractivity contribution is 9.10. The minimum absolute atomic E-state index is 0.0249. The Labute approximate surface area is 108 Å². The summed E-state index contributed by atoms with van der Waals surface area (Å²) < 4.78 is 0.986. The van der Waals surface area contributed by atoms with Crippen LogP contribution in [0.2, 0.25) is 0 Å². The number of halogens is 2. The molecule has 0 aromatic heterocycles. The van der Waals surface area contributed by atoms with E-state index >= 15 is 0 Å². The van der Waals surface area contributed by atoms with Crippen LogP contribution in [0.25, 0.3) is 0 Å². The molecule has 0 atom stereocenters. The summed E-state index contributed by atoms with van der Waals surface area (Å²) in [7, 11) is 0. The maximum Gasteiger partial charge on any atom is 0.252 e. The first-order chi connectivity index (χ1) is 7.56. The Morgan fingerprint density at radius 2 is 2.25 bits per heavy atom. The van der Waals surface area contributed by atoms with E-state index in [0.29, 0.717) is 5.88 Å². The third kappa shape index (κ3) is 2.41. The van der Waals surface area contributed by atoms with Gasteiger partial charge >= 0.3 is 0 Å². The molecule has 2 rings (SSSR count). The molecule has 1 amide bonds. The van der Waals surface area contributed by atoms with E-state index in [2.05, 4.69) is 21.2 Å². The Balaban J connectivity index is 2.15. The first-order valence-electron chi connectivity index (χ1n) is 5.21. The summed E-state index contributed by atoms with van der Waals surface area (Å²) in [5.41, 5.74) is 1.55. The summed E-state index contributed by atoms with van der Waals surface area (Å²) in [4.78, 5) is 12.0. The van der Waals surface area contributed by atoms with Gasteiger partial charge in [0.15, 0.2) is 0 Å².